The van der Waals surface area contributed by atoms with Gasteiger partial charge in [-0.1, -0.05) is 6.07 Å². The lowest BCUT2D eigenvalue weighted by Gasteiger charge is -2.32. The maximum atomic E-state index is 13.7. The van der Waals surface area contributed by atoms with Crippen LogP contribution >= 0.6 is 0 Å². The summed E-state index contributed by atoms with van der Waals surface area (Å²) >= 11 is 0. The van der Waals surface area contributed by atoms with E-state index in [9.17, 15) is 12.8 Å². The minimum absolute atomic E-state index is 0.0241. The topological polar surface area (TPSA) is 50.3 Å². The van der Waals surface area contributed by atoms with Gasteiger partial charge in [-0.15, -0.1) is 0 Å². The standard InChI is InChI=1S/C17H19FN2O2S/c1-13-4-5-16(11-17(13)18)23(21,22)20-10-2-3-15(12-20)14-6-8-19-9-7-14/h4-9,11,15H,2-3,10,12H2,1H3. The van der Waals surface area contributed by atoms with Crippen molar-refractivity contribution in [2.24, 2.45) is 0 Å². The summed E-state index contributed by atoms with van der Waals surface area (Å²) in [5.74, 6) is -0.342. The van der Waals surface area contributed by atoms with E-state index in [0.717, 1.165) is 24.5 Å². The predicted molar refractivity (Wildman–Crippen MR) is 86.1 cm³/mol. The molecule has 0 aliphatic carbocycles. The number of aromatic nitrogens is 1. The van der Waals surface area contributed by atoms with E-state index >= 15 is 0 Å². The van der Waals surface area contributed by atoms with Crippen molar-refractivity contribution in [2.45, 2.75) is 30.6 Å². The summed E-state index contributed by atoms with van der Waals surface area (Å²) in [5, 5.41) is 0. The Kier molecular flexibility index (Phi) is 4.46. The van der Waals surface area contributed by atoms with E-state index in [4.69, 9.17) is 0 Å². The molecule has 0 radical (unpaired) electrons. The lowest BCUT2D eigenvalue weighted by molar-refractivity contribution is 0.315. The second-order valence-corrected chi connectivity index (χ2v) is 7.83. The fourth-order valence-corrected chi connectivity index (χ4v) is 4.49. The summed E-state index contributed by atoms with van der Waals surface area (Å²) in [6.07, 6.45) is 5.18. The normalized spacial score (nSPS) is 19.7. The first-order valence-corrected chi connectivity index (χ1v) is 9.09. The van der Waals surface area contributed by atoms with Gasteiger partial charge in [0.1, 0.15) is 5.82 Å². The van der Waals surface area contributed by atoms with Gasteiger partial charge >= 0.3 is 0 Å². The van der Waals surface area contributed by atoms with Gasteiger partial charge in [-0.25, -0.2) is 12.8 Å². The van der Waals surface area contributed by atoms with Gasteiger partial charge in [-0.2, -0.15) is 4.31 Å². The molecule has 1 aromatic carbocycles. The molecule has 0 N–H and O–H groups in total. The van der Waals surface area contributed by atoms with Crippen LogP contribution in [0.5, 0.6) is 0 Å². The average Bonchev–Trinajstić information content (AvgIpc) is 2.58. The molecule has 0 saturated carbocycles. The van der Waals surface area contributed by atoms with Gasteiger partial charge < -0.3 is 0 Å². The number of piperidine rings is 1. The van der Waals surface area contributed by atoms with Crippen molar-refractivity contribution in [3.8, 4) is 0 Å². The minimum atomic E-state index is -3.66. The third-order valence-electron chi connectivity index (χ3n) is 4.34. The Labute approximate surface area is 136 Å². The summed E-state index contributed by atoms with van der Waals surface area (Å²) in [4.78, 5) is 4.02. The summed E-state index contributed by atoms with van der Waals surface area (Å²) in [7, 11) is -3.66. The lowest BCUT2D eigenvalue weighted by atomic mass is 9.92. The molecular formula is C17H19FN2O2S. The first-order chi connectivity index (χ1) is 11.0. The number of sulfonamides is 1. The Morgan fingerprint density at radius 3 is 2.65 bits per heavy atom. The molecule has 122 valence electrons. The Balaban J connectivity index is 1.86. The van der Waals surface area contributed by atoms with Crippen LogP contribution in [0.25, 0.3) is 0 Å². The zero-order valence-electron chi connectivity index (χ0n) is 12.9. The van der Waals surface area contributed by atoms with E-state index in [-0.39, 0.29) is 10.8 Å². The van der Waals surface area contributed by atoms with Gasteiger partial charge in [0.05, 0.1) is 4.90 Å². The largest absolute Gasteiger partial charge is 0.265 e. The maximum absolute atomic E-state index is 13.7. The smallest absolute Gasteiger partial charge is 0.243 e. The van der Waals surface area contributed by atoms with Crippen LogP contribution in [-0.2, 0) is 10.0 Å². The van der Waals surface area contributed by atoms with Gasteiger partial charge in [0.2, 0.25) is 10.0 Å². The van der Waals surface area contributed by atoms with Crippen molar-refractivity contribution in [1.29, 1.82) is 0 Å². The number of benzene rings is 1. The number of nitrogens with zero attached hydrogens (tertiary/aromatic N) is 2. The Bertz CT molecular complexity index is 793. The molecule has 4 nitrogen and oxygen atoms in total. The maximum Gasteiger partial charge on any atom is 0.243 e. The molecule has 6 heteroatoms. The highest BCUT2D eigenvalue weighted by molar-refractivity contribution is 7.89. The Morgan fingerprint density at radius 1 is 1.22 bits per heavy atom. The number of pyridine rings is 1. The van der Waals surface area contributed by atoms with Gasteiger partial charge in [-0.3, -0.25) is 4.98 Å². The number of rotatable bonds is 3. The van der Waals surface area contributed by atoms with Crippen LogP contribution in [0.1, 0.15) is 29.9 Å². The number of halogens is 1. The van der Waals surface area contributed by atoms with Crippen molar-refractivity contribution in [1.82, 2.24) is 9.29 Å². The molecule has 2 aromatic rings. The number of aryl methyl sites for hydroxylation is 1. The fraction of sp³-hybridized carbons (Fsp3) is 0.353. The van der Waals surface area contributed by atoms with Crippen LogP contribution in [0.3, 0.4) is 0 Å². The highest BCUT2D eigenvalue weighted by Gasteiger charge is 2.31. The second kappa shape index (κ2) is 6.37. The van der Waals surface area contributed by atoms with E-state index in [2.05, 4.69) is 4.98 Å². The predicted octanol–water partition coefficient (Wildman–Crippen LogP) is 3.10. The van der Waals surface area contributed by atoms with Crippen molar-refractivity contribution in [3.05, 3.63) is 59.7 Å². The molecule has 0 bridgehead atoms. The molecule has 23 heavy (non-hydrogen) atoms. The molecule has 0 spiro atoms. The highest BCUT2D eigenvalue weighted by atomic mass is 32.2. The van der Waals surface area contributed by atoms with Crippen LogP contribution in [0.4, 0.5) is 4.39 Å². The fourth-order valence-electron chi connectivity index (χ4n) is 2.95. The zero-order valence-corrected chi connectivity index (χ0v) is 13.8. The zero-order chi connectivity index (χ0) is 16.4. The van der Waals surface area contributed by atoms with Crippen molar-refractivity contribution in [3.63, 3.8) is 0 Å². The molecule has 1 fully saturated rings. The number of hydrogen-bond donors (Lipinski definition) is 0. The highest BCUT2D eigenvalue weighted by Crippen LogP contribution is 2.30. The van der Waals surface area contributed by atoms with Gasteiger partial charge in [-0.05, 0) is 61.1 Å². The summed E-state index contributed by atoms with van der Waals surface area (Å²) in [5.41, 5.74) is 1.53. The third-order valence-corrected chi connectivity index (χ3v) is 6.20. The van der Waals surface area contributed by atoms with E-state index in [1.807, 2.05) is 12.1 Å². The van der Waals surface area contributed by atoms with Crippen molar-refractivity contribution < 1.29 is 12.8 Å². The molecule has 0 amide bonds. The minimum Gasteiger partial charge on any atom is -0.265 e. The second-order valence-electron chi connectivity index (χ2n) is 5.89. The van der Waals surface area contributed by atoms with Crippen LogP contribution in [0.2, 0.25) is 0 Å². The molecule has 2 heterocycles. The first-order valence-electron chi connectivity index (χ1n) is 7.65. The van der Waals surface area contributed by atoms with Crippen LogP contribution in [-0.4, -0.2) is 30.8 Å². The average molecular weight is 334 g/mol. The Hall–Kier alpha value is -1.79. The van der Waals surface area contributed by atoms with Gasteiger partial charge in [0.15, 0.2) is 0 Å². The van der Waals surface area contributed by atoms with Crippen molar-refractivity contribution in [2.75, 3.05) is 13.1 Å². The summed E-state index contributed by atoms with van der Waals surface area (Å²) < 4.78 is 40.7. The van der Waals surface area contributed by atoms with Gasteiger partial charge in [0, 0.05) is 25.5 Å². The molecule has 1 aliphatic heterocycles. The molecular weight excluding hydrogens is 315 g/mol. The van der Waals surface area contributed by atoms with Crippen LogP contribution in [0, 0.1) is 12.7 Å². The monoisotopic (exact) mass is 334 g/mol. The van der Waals surface area contributed by atoms with E-state index < -0.39 is 15.8 Å². The van der Waals surface area contributed by atoms with E-state index in [1.54, 1.807) is 19.3 Å². The molecule has 1 atom stereocenters. The number of hydrogen-bond acceptors (Lipinski definition) is 3. The summed E-state index contributed by atoms with van der Waals surface area (Å²) in [6.45, 7) is 2.51. The molecule has 3 rings (SSSR count). The molecule has 1 aliphatic rings. The lowest BCUT2D eigenvalue weighted by Crippen LogP contribution is -2.39. The molecule has 1 unspecified atom stereocenters. The summed E-state index contributed by atoms with van der Waals surface area (Å²) in [6, 6.07) is 7.94. The Morgan fingerprint density at radius 2 is 1.96 bits per heavy atom. The van der Waals surface area contributed by atoms with E-state index in [0.29, 0.717) is 18.7 Å². The van der Waals surface area contributed by atoms with Crippen LogP contribution in [0.15, 0.2) is 47.6 Å². The SMILES string of the molecule is Cc1ccc(S(=O)(=O)N2CCCC(c3ccncc3)C2)cc1F. The molecule has 1 aromatic heterocycles. The van der Waals surface area contributed by atoms with E-state index in [1.165, 1.54) is 16.4 Å². The first kappa shape index (κ1) is 16.1. The molecule has 1 saturated heterocycles. The van der Waals surface area contributed by atoms with Crippen molar-refractivity contribution >= 4 is 10.0 Å². The van der Waals surface area contributed by atoms with Gasteiger partial charge in [0.25, 0.3) is 0 Å². The third kappa shape index (κ3) is 3.28. The van der Waals surface area contributed by atoms with Crippen LogP contribution < -0.4 is 0 Å². The quantitative estimate of drug-likeness (QED) is 0.867.